The van der Waals surface area contributed by atoms with Gasteiger partial charge in [0.1, 0.15) is 5.82 Å². The SMILES string of the molecule is CCCNc1nc(-c2ccc(F)c(Br)c2)cs1. The van der Waals surface area contributed by atoms with Crippen LogP contribution in [0.25, 0.3) is 11.3 Å². The van der Waals surface area contributed by atoms with Gasteiger partial charge in [0.2, 0.25) is 0 Å². The van der Waals surface area contributed by atoms with Gasteiger partial charge in [0.15, 0.2) is 5.13 Å². The topological polar surface area (TPSA) is 24.9 Å². The molecule has 17 heavy (non-hydrogen) atoms. The van der Waals surface area contributed by atoms with E-state index in [4.69, 9.17) is 0 Å². The number of rotatable bonds is 4. The predicted octanol–water partition coefficient (Wildman–Crippen LogP) is 4.53. The Morgan fingerprint density at radius 3 is 3.00 bits per heavy atom. The smallest absolute Gasteiger partial charge is 0.183 e. The summed E-state index contributed by atoms with van der Waals surface area (Å²) in [5.74, 6) is -0.256. The summed E-state index contributed by atoms with van der Waals surface area (Å²) in [6, 6.07) is 4.92. The van der Waals surface area contributed by atoms with Crippen molar-refractivity contribution in [2.45, 2.75) is 13.3 Å². The van der Waals surface area contributed by atoms with Gasteiger partial charge in [0.05, 0.1) is 10.2 Å². The van der Waals surface area contributed by atoms with E-state index in [0.29, 0.717) is 4.47 Å². The Balaban J connectivity index is 2.21. The lowest BCUT2D eigenvalue weighted by atomic mass is 10.2. The molecule has 1 heterocycles. The molecule has 0 saturated heterocycles. The monoisotopic (exact) mass is 314 g/mol. The van der Waals surface area contributed by atoms with E-state index < -0.39 is 0 Å². The highest BCUT2D eigenvalue weighted by molar-refractivity contribution is 9.10. The van der Waals surface area contributed by atoms with Crippen LogP contribution in [0.4, 0.5) is 9.52 Å². The first-order chi connectivity index (χ1) is 8.20. The van der Waals surface area contributed by atoms with Crippen molar-refractivity contribution in [3.05, 3.63) is 33.9 Å². The number of thiazole rings is 1. The minimum Gasteiger partial charge on any atom is -0.362 e. The average Bonchev–Trinajstić information content (AvgIpc) is 2.79. The molecule has 2 nitrogen and oxygen atoms in total. The van der Waals surface area contributed by atoms with Crippen LogP contribution in [0.1, 0.15) is 13.3 Å². The molecule has 0 bridgehead atoms. The summed E-state index contributed by atoms with van der Waals surface area (Å²) in [5.41, 5.74) is 1.79. The summed E-state index contributed by atoms with van der Waals surface area (Å²) >= 11 is 4.74. The fraction of sp³-hybridized carbons (Fsp3) is 0.250. The minimum absolute atomic E-state index is 0.256. The van der Waals surface area contributed by atoms with Gasteiger partial charge in [-0.05, 0) is 40.5 Å². The molecule has 0 aliphatic carbocycles. The first-order valence-corrected chi connectivity index (χ1v) is 7.03. The Morgan fingerprint density at radius 1 is 1.47 bits per heavy atom. The van der Waals surface area contributed by atoms with E-state index in [1.54, 1.807) is 23.5 Å². The summed E-state index contributed by atoms with van der Waals surface area (Å²) in [5, 5.41) is 6.11. The van der Waals surface area contributed by atoms with Crippen LogP contribution in [0.2, 0.25) is 0 Å². The van der Waals surface area contributed by atoms with Crippen molar-refractivity contribution < 1.29 is 4.39 Å². The van der Waals surface area contributed by atoms with Crippen LogP contribution in [0.15, 0.2) is 28.1 Å². The van der Waals surface area contributed by atoms with Gasteiger partial charge in [-0.2, -0.15) is 0 Å². The molecule has 5 heteroatoms. The van der Waals surface area contributed by atoms with Gasteiger partial charge in [-0.15, -0.1) is 11.3 Å². The van der Waals surface area contributed by atoms with Crippen molar-refractivity contribution in [2.75, 3.05) is 11.9 Å². The highest BCUT2D eigenvalue weighted by atomic mass is 79.9. The van der Waals surface area contributed by atoms with Crippen molar-refractivity contribution in [1.29, 1.82) is 0 Å². The molecule has 0 radical (unpaired) electrons. The standard InChI is InChI=1S/C12H12BrFN2S/c1-2-5-15-12-16-11(7-17-12)8-3-4-10(14)9(13)6-8/h3-4,6-7H,2,5H2,1H3,(H,15,16). The lowest BCUT2D eigenvalue weighted by molar-refractivity contribution is 0.621. The third-order valence-corrected chi connectivity index (χ3v) is 3.65. The first kappa shape index (κ1) is 12.5. The van der Waals surface area contributed by atoms with Gasteiger partial charge in [-0.25, -0.2) is 9.37 Å². The number of nitrogens with one attached hydrogen (secondary N) is 1. The normalized spacial score (nSPS) is 10.5. The molecular formula is C12H12BrFN2S. The summed E-state index contributed by atoms with van der Waals surface area (Å²) in [6.07, 6.45) is 1.07. The Morgan fingerprint density at radius 2 is 2.29 bits per heavy atom. The lowest BCUT2D eigenvalue weighted by Crippen LogP contribution is -1.98. The van der Waals surface area contributed by atoms with E-state index in [2.05, 4.69) is 33.2 Å². The molecule has 90 valence electrons. The van der Waals surface area contributed by atoms with E-state index in [1.165, 1.54) is 6.07 Å². The molecule has 0 aliphatic heterocycles. The van der Waals surface area contributed by atoms with Crippen molar-refractivity contribution in [3.63, 3.8) is 0 Å². The third kappa shape index (κ3) is 3.04. The van der Waals surface area contributed by atoms with Crippen molar-refractivity contribution in [2.24, 2.45) is 0 Å². The van der Waals surface area contributed by atoms with Crippen LogP contribution in [0, 0.1) is 5.82 Å². The lowest BCUT2D eigenvalue weighted by Gasteiger charge is -2.00. The van der Waals surface area contributed by atoms with Crippen LogP contribution in [0.3, 0.4) is 0 Å². The zero-order valence-corrected chi connectivity index (χ0v) is 11.7. The second-order valence-electron chi connectivity index (χ2n) is 3.59. The van der Waals surface area contributed by atoms with Crippen molar-refractivity contribution in [1.82, 2.24) is 4.98 Å². The second kappa shape index (κ2) is 5.60. The molecule has 0 amide bonds. The van der Waals surface area contributed by atoms with E-state index in [-0.39, 0.29) is 5.82 Å². The highest BCUT2D eigenvalue weighted by Crippen LogP contribution is 2.28. The molecule has 1 aromatic heterocycles. The number of halogens is 2. The molecule has 0 saturated carbocycles. The number of hydrogen-bond donors (Lipinski definition) is 1. The van der Waals surface area contributed by atoms with E-state index in [0.717, 1.165) is 29.4 Å². The van der Waals surface area contributed by atoms with Crippen LogP contribution in [0.5, 0.6) is 0 Å². The predicted molar refractivity (Wildman–Crippen MR) is 74.0 cm³/mol. The molecule has 0 unspecified atom stereocenters. The van der Waals surface area contributed by atoms with Gasteiger partial charge in [-0.3, -0.25) is 0 Å². The van der Waals surface area contributed by atoms with Gasteiger partial charge >= 0.3 is 0 Å². The molecule has 0 aliphatic rings. The van der Waals surface area contributed by atoms with E-state index >= 15 is 0 Å². The Bertz CT molecular complexity index is 513. The first-order valence-electron chi connectivity index (χ1n) is 5.35. The molecule has 2 rings (SSSR count). The van der Waals surface area contributed by atoms with Gasteiger partial charge in [-0.1, -0.05) is 6.92 Å². The fourth-order valence-corrected chi connectivity index (χ4v) is 2.50. The van der Waals surface area contributed by atoms with E-state index in [9.17, 15) is 4.39 Å². The summed E-state index contributed by atoms with van der Waals surface area (Å²) < 4.78 is 13.6. The van der Waals surface area contributed by atoms with Gasteiger partial charge in [0, 0.05) is 17.5 Å². The number of nitrogens with zero attached hydrogens (tertiary/aromatic N) is 1. The molecule has 0 atom stereocenters. The molecular weight excluding hydrogens is 303 g/mol. The second-order valence-corrected chi connectivity index (χ2v) is 5.31. The maximum atomic E-state index is 13.1. The van der Waals surface area contributed by atoms with Crippen LogP contribution in [-0.2, 0) is 0 Å². The highest BCUT2D eigenvalue weighted by Gasteiger charge is 2.06. The maximum Gasteiger partial charge on any atom is 0.183 e. The molecule has 0 fully saturated rings. The van der Waals surface area contributed by atoms with Crippen LogP contribution < -0.4 is 5.32 Å². The number of aromatic nitrogens is 1. The summed E-state index contributed by atoms with van der Waals surface area (Å²) in [4.78, 5) is 4.45. The molecule has 2 aromatic rings. The fourth-order valence-electron chi connectivity index (χ4n) is 1.37. The minimum atomic E-state index is -0.256. The quantitative estimate of drug-likeness (QED) is 0.896. The Kier molecular flexibility index (Phi) is 4.12. The number of benzene rings is 1. The van der Waals surface area contributed by atoms with Crippen LogP contribution in [-0.4, -0.2) is 11.5 Å². The zero-order chi connectivity index (χ0) is 12.3. The number of anilines is 1. The van der Waals surface area contributed by atoms with E-state index in [1.807, 2.05) is 5.38 Å². The molecule has 1 N–H and O–H groups in total. The van der Waals surface area contributed by atoms with Crippen molar-refractivity contribution in [3.8, 4) is 11.3 Å². The van der Waals surface area contributed by atoms with Gasteiger partial charge in [0.25, 0.3) is 0 Å². The van der Waals surface area contributed by atoms with Crippen LogP contribution >= 0.6 is 27.3 Å². The Hall–Kier alpha value is -0.940. The molecule has 1 aromatic carbocycles. The maximum absolute atomic E-state index is 13.1. The Labute approximate surface area is 112 Å². The van der Waals surface area contributed by atoms with Crippen molar-refractivity contribution >= 4 is 32.4 Å². The average molecular weight is 315 g/mol. The zero-order valence-electron chi connectivity index (χ0n) is 9.34. The summed E-state index contributed by atoms with van der Waals surface area (Å²) in [7, 11) is 0. The summed E-state index contributed by atoms with van der Waals surface area (Å²) in [6.45, 7) is 3.03. The largest absolute Gasteiger partial charge is 0.362 e. The van der Waals surface area contributed by atoms with Gasteiger partial charge < -0.3 is 5.32 Å². The molecule has 0 spiro atoms. The third-order valence-electron chi connectivity index (χ3n) is 2.25. The number of hydrogen-bond acceptors (Lipinski definition) is 3.